The van der Waals surface area contributed by atoms with Crippen molar-refractivity contribution in [2.45, 2.75) is 9.79 Å². The van der Waals surface area contributed by atoms with Crippen LogP contribution in [0.2, 0.25) is 0 Å². The molecule has 1 aliphatic rings. The van der Waals surface area contributed by atoms with Crippen LogP contribution in [0, 0.1) is 11.3 Å². The first-order chi connectivity index (χ1) is 8.70. The molecule has 18 heavy (non-hydrogen) atoms. The molecule has 0 atom stereocenters. The number of para-hydroxylation sites is 1. The van der Waals surface area contributed by atoms with Crippen molar-refractivity contribution in [3.8, 4) is 6.07 Å². The number of rotatable bonds is 0. The quantitative estimate of drug-likeness (QED) is 0.574. The Morgan fingerprint density at radius 3 is 2.72 bits per heavy atom. The average molecular weight is 382 g/mol. The highest BCUT2D eigenvalue weighted by Gasteiger charge is 2.21. The zero-order valence-electron chi connectivity index (χ0n) is 9.00. The lowest BCUT2D eigenvalue weighted by atomic mass is 10.1. The van der Waals surface area contributed by atoms with Gasteiger partial charge in [-0.2, -0.15) is 5.26 Å². The van der Waals surface area contributed by atoms with Crippen molar-refractivity contribution in [3.63, 3.8) is 0 Å². The third-order valence-electron chi connectivity index (χ3n) is 2.66. The number of nitriles is 1. The predicted molar refractivity (Wildman–Crippen MR) is 80.4 cm³/mol. The van der Waals surface area contributed by atoms with Crippen LogP contribution in [-0.4, -0.2) is 0 Å². The molecule has 3 rings (SSSR count). The van der Waals surface area contributed by atoms with Gasteiger partial charge in [0.2, 0.25) is 0 Å². The summed E-state index contributed by atoms with van der Waals surface area (Å²) in [6, 6.07) is 12.3. The highest BCUT2D eigenvalue weighted by molar-refractivity contribution is 9.13. The second-order valence-corrected chi connectivity index (χ2v) is 6.49. The van der Waals surface area contributed by atoms with Crippen molar-refractivity contribution in [2.24, 2.45) is 0 Å². The van der Waals surface area contributed by atoms with Crippen LogP contribution in [0.15, 0.2) is 49.1 Å². The molecule has 1 aliphatic heterocycles. The normalized spacial score (nSPS) is 12.1. The summed E-state index contributed by atoms with van der Waals surface area (Å²) in [6.07, 6.45) is 0. The molecule has 0 aromatic heterocycles. The smallest absolute Gasteiger partial charge is 0.103 e. The van der Waals surface area contributed by atoms with Crippen LogP contribution >= 0.6 is 43.6 Å². The zero-order valence-corrected chi connectivity index (χ0v) is 13.0. The molecular weight excluding hydrogens is 376 g/mol. The van der Waals surface area contributed by atoms with Crippen molar-refractivity contribution in [2.75, 3.05) is 5.32 Å². The van der Waals surface area contributed by atoms with Gasteiger partial charge in [-0.15, -0.1) is 0 Å². The second-order valence-electron chi connectivity index (χ2n) is 3.76. The number of hydrogen-bond donors (Lipinski definition) is 1. The third kappa shape index (κ3) is 1.85. The first-order valence-corrected chi connectivity index (χ1v) is 7.57. The summed E-state index contributed by atoms with van der Waals surface area (Å²) >= 11 is 8.58. The molecule has 0 saturated carbocycles. The van der Waals surface area contributed by atoms with E-state index in [4.69, 9.17) is 0 Å². The van der Waals surface area contributed by atoms with Crippen LogP contribution in [0.3, 0.4) is 0 Å². The van der Waals surface area contributed by atoms with Crippen LogP contribution in [0.1, 0.15) is 5.56 Å². The summed E-state index contributed by atoms with van der Waals surface area (Å²) in [6.45, 7) is 0. The van der Waals surface area contributed by atoms with Gasteiger partial charge in [0.05, 0.1) is 21.4 Å². The Morgan fingerprint density at radius 1 is 1.17 bits per heavy atom. The van der Waals surface area contributed by atoms with Gasteiger partial charge in [0, 0.05) is 14.3 Å². The topological polar surface area (TPSA) is 35.8 Å². The van der Waals surface area contributed by atoms with Gasteiger partial charge in [0.15, 0.2) is 0 Å². The van der Waals surface area contributed by atoms with Crippen LogP contribution in [-0.2, 0) is 0 Å². The molecule has 0 aliphatic carbocycles. The van der Waals surface area contributed by atoms with Gasteiger partial charge in [0.1, 0.15) is 6.07 Å². The van der Waals surface area contributed by atoms with Crippen molar-refractivity contribution in [1.29, 1.82) is 5.26 Å². The molecule has 5 heteroatoms. The Hall–Kier alpha value is -0.960. The van der Waals surface area contributed by atoms with Crippen molar-refractivity contribution in [3.05, 3.63) is 44.8 Å². The van der Waals surface area contributed by atoms with Gasteiger partial charge < -0.3 is 5.32 Å². The van der Waals surface area contributed by atoms with E-state index < -0.39 is 0 Å². The van der Waals surface area contributed by atoms with E-state index in [1.54, 1.807) is 11.8 Å². The van der Waals surface area contributed by atoms with Crippen LogP contribution in [0.4, 0.5) is 11.4 Å². The van der Waals surface area contributed by atoms with Gasteiger partial charge in [-0.05, 0) is 50.1 Å². The summed E-state index contributed by atoms with van der Waals surface area (Å²) in [7, 11) is 0. The van der Waals surface area contributed by atoms with E-state index in [0.717, 1.165) is 25.2 Å². The lowest BCUT2D eigenvalue weighted by Gasteiger charge is -2.22. The molecule has 1 N–H and O–H groups in total. The highest BCUT2D eigenvalue weighted by atomic mass is 79.9. The Kier molecular flexibility index (Phi) is 3.10. The highest BCUT2D eigenvalue weighted by Crippen LogP contribution is 2.48. The minimum Gasteiger partial charge on any atom is -0.353 e. The summed E-state index contributed by atoms with van der Waals surface area (Å²) in [5, 5.41) is 12.6. The summed E-state index contributed by atoms with van der Waals surface area (Å²) in [5.74, 6) is 0. The van der Waals surface area contributed by atoms with E-state index in [1.165, 1.54) is 4.90 Å². The van der Waals surface area contributed by atoms with Gasteiger partial charge in [-0.3, -0.25) is 0 Å². The number of anilines is 2. The van der Waals surface area contributed by atoms with Gasteiger partial charge in [-0.1, -0.05) is 23.9 Å². The van der Waals surface area contributed by atoms with Gasteiger partial charge in [0.25, 0.3) is 0 Å². The molecule has 88 valence electrons. The van der Waals surface area contributed by atoms with E-state index in [9.17, 15) is 5.26 Å². The zero-order chi connectivity index (χ0) is 12.7. The van der Waals surface area contributed by atoms with E-state index in [0.29, 0.717) is 5.56 Å². The van der Waals surface area contributed by atoms with Gasteiger partial charge >= 0.3 is 0 Å². The SMILES string of the molecule is N#Cc1c(Br)c(Br)cc2c1Nc1ccccc1S2. The predicted octanol–water partition coefficient (Wildman–Crippen LogP) is 5.29. The number of halogens is 2. The largest absolute Gasteiger partial charge is 0.353 e. The average Bonchev–Trinajstić information content (AvgIpc) is 2.38. The lowest BCUT2D eigenvalue weighted by Crippen LogP contribution is -2.02. The molecule has 0 radical (unpaired) electrons. The Bertz CT molecular complexity index is 692. The first-order valence-electron chi connectivity index (χ1n) is 5.16. The fourth-order valence-electron chi connectivity index (χ4n) is 1.82. The minimum absolute atomic E-state index is 0.626. The molecule has 0 fully saturated rings. The lowest BCUT2D eigenvalue weighted by molar-refractivity contribution is 1.28. The molecular formula is C13H6Br2N2S. The maximum atomic E-state index is 9.30. The standard InChI is InChI=1S/C13H6Br2N2S/c14-8-5-11-13(7(6-16)12(8)15)17-9-3-1-2-4-10(9)18-11/h1-5,17H. The van der Waals surface area contributed by atoms with E-state index in [-0.39, 0.29) is 0 Å². The maximum Gasteiger partial charge on any atom is 0.103 e. The van der Waals surface area contributed by atoms with Gasteiger partial charge in [-0.25, -0.2) is 0 Å². The molecule has 0 unspecified atom stereocenters. The van der Waals surface area contributed by atoms with Crippen molar-refractivity contribution < 1.29 is 0 Å². The van der Waals surface area contributed by atoms with Crippen molar-refractivity contribution >= 4 is 55.0 Å². The molecule has 1 heterocycles. The number of fused-ring (bicyclic) bond motifs is 2. The van der Waals surface area contributed by atoms with E-state index in [1.807, 2.05) is 24.3 Å². The molecule has 2 aromatic carbocycles. The maximum absolute atomic E-state index is 9.30. The molecule has 0 spiro atoms. The minimum atomic E-state index is 0.626. The van der Waals surface area contributed by atoms with Crippen LogP contribution < -0.4 is 5.32 Å². The summed E-state index contributed by atoms with van der Waals surface area (Å²) in [5.41, 5.74) is 2.54. The molecule has 0 amide bonds. The number of benzene rings is 2. The Morgan fingerprint density at radius 2 is 1.94 bits per heavy atom. The first kappa shape index (κ1) is 12.1. The van der Waals surface area contributed by atoms with Crippen molar-refractivity contribution in [1.82, 2.24) is 0 Å². The molecule has 2 nitrogen and oxygen atoms in total. The molecule has 0 bridgehead atoms. The summed E-state index contributed by atoms with van der Waals surface area (Å²) in [4.78, 5) is 2.23. The fraction of sp³-hybridized carbons (Fsp3) is 0. The third-order valence-corrected chi connectivity index (χ3v) is 5.76. The molecule has 0 saturated heterocycles. The van der Waals surface area contributed by atoms with Crippen LogP contribution in [0.5, 0.6) is 0 Å². The number of hydrogen-bond acceptors (Lipinski definition) is 3. The Labute approximate surface area is 126 Å². The van der Waals surface area contributed by atoms with E-state index in [2.05, 4.69) is 49.3 Å². The fourth-order valence-corrected chi connectivity index (χ4v) is 3.85. The van der Waals surface area contributed by atoms with E-state index >= 15 is 0 Å². The monoisotopic (exact) mass is 380 g/mol. The Balaban J connectivity index is 2.22. The summed E-state index contributed by atoms with van der Waals surface area (Å²) < 4.78 is 1.68. The second kappa shape index (κ2) is 4.61. The molecule has 2 aromatic rings. The number of nitrogens with one attached hydrogen (secondary N) is 1. The van der Waals surface area contributed by atoms with Crippen LogP contribution in [0.25, 0.3) is 0 Å². The number of nitrogens with zero attached hydrogens (tertiary/aromatic N) is 1.